The van der Waals surface area contributed by atoms with Crippen LogP contribution in [-0.4, -0.2) is 11.0 Å². The number of nitro groups is 1. The van der Waals surface area contributed by atoms with E-state index in [0.29, 0.717) is 17.1 Å². The Morgan fingerprint density at radius 2 is 1.70 bits per heavy atom. The predicted octanol–water partition coefficient (Wildman–Crippen LogP) is 2.82. The Balaban J connectivity index is 2.02. The number of nitrogens with one attached hydrogen (secondary N) is 2. The third kappa shape index (κ3) is 3.45. The van der Waals surface area contributed by atoms with Gasteiger partial charge in [0.15, 0.2) is 0 Å². The van der Waals surface area contributed by atoms with Gasteiger partial charge in [-0.05, 0) is 30.3 Å². The maximum absolute atomic E-state index is 11.7. The molecular weight excluding hydrogens is 260 g/mol. The molecule has 7 heteroatoms. The van der Waals surface area contributed by atoms with Gasteiger partial charge in [0.25, 0.3) is 5.69 Å². The zero-order chi connectivity index (χ0) is 14.5. The van der Waals surface area contributed by atoms with Crippen molar-refractivity contribution in [3.05, 3.63) is 58.6 Å². The molecule has 0 saturated carbocycles. The number of nitro benzene ring substituents is 1. The van der Waals surface area contributed by atoms with Gasteiger partial charge in [0.2, 0.25) is 0 Å². The molecule has 20 heavy (non-hydrogen) atoms. The summed E-state index contributed by atoms with van der Waals surface area (Å²) in [6.07, 6.45) is 0. The molecule has 2 aromatic rings. The van der Waals surface area contributed by atoms with E-state index in [0.717, 1.165) is 0 Å². The van der Waals surface area contributed by atoms with Crippen LogP contribution in [0.5, 0.6) is 0 Å². The lowest BCUT2D eigenvalue weighted by Crippen LogP contribution is -2.19. The average molecular weight is 272 g/mol. The highest BCUT2D eigenvalue weighted by Gasteiger charge is 2.08. The van der Waals surface area contributed by atoms with Crippen LogP contribution >= 0.6 is 0 Å². The molecule has 0 bridgehead atoms. The third-order valence-corrected chi connectivity index (χ3v) is 2.48. The van der Waals surface area contributed by atoms with Gasteiger partial charge >= 0.3 is 6.03 Å². The molecule has 0 aliphatic rings. The van der Waals surface area contributed by atoms with Crippen molar-refractivity contribution in [2.24, 2.45) is 0 Å². The fourth-order valence-electron chi connectivity index (χ4n) is 1.56. The number of nitrogen functional groups attached to an aromatic ring is 1. The van der Waals surface area contributed by atoms with Crippen molar-refractivity contribution >= 4 is 28.8 Å². The second kappa shape index (κ2) is 5.70. The second-order valence-corrected chi connectivity index (χ2v) is 4.01. The first-order valence-corrected chi connectivity index (χ1v) is 5.72. The lowest BCUT2D eigenvalue weighted by molar-refractivity contribution is -0.384. The number of hydrogen-bond acceptors (Lipinski definition) is 4. The smallest absolute Gasteiger partial charge is 0.323 e. The standard InChI is InChI=1S/C13H12N4O3/c14-9-4-6-10(7-5-9)15-13(18)16-11-2-1-3-12(8-11)17(19)20/h1-8H,14H2,(H2,15,16,18). The highest BCUT2D eigenvalue weighted by Crippen LogP contribution is 2.17. The molecule has 0 spiro atoms. The number of urea groups is 1. The molecule has 0 aliphatic heterocycles. The van der Waals surface area contributed by atoms with Gasteiger partial charge in [-0.3, -0.25) is 10.1 Å². The van der Waals surface area contributed by atoms with E-state index in [9.17, 15) is 14.9 Å². The molecule has 0 aliphatic carbocycles. The maximum atomic E-state index is 11.7. The molecule has 0 fully saturated rings. The molecule has 0 aromatic heterocycles. The van der Waals surface area contributed by atoms with Crippen LogP contribution < -0.4 is 16.4 Å². The van der Waals surface area contributed by atoms with Gasteiger partial charge in [-0.1, -0.05) is 6.07 Å². The Labute approximate surface area is 114 Å². The van der Waals surface area contributed by atoms with Crippen molar-refractivity contribution in [1.29, 1.82) is 0 Å². The molecule has 2 aromatic carbocycles. The van der Waals surface area contributed by atoms with Crippen molar-refractivity contribution in [1.82, 2.24) is 0 Å². The van der Waals surface area contributed by atoms with Crippen molar-refractivity contribution in [3.63, 3.8) is 0 Å². The minimum Gasteiger partial charge on any atom is -0.399 e. The van der Waals surface area contributed by atoms with Gasteiger partial charge in [0.05, 0.1) is 4.92 Å². The summed E-state index contributed by atoms with van der Waals surface area (Å²) < 4.78 is 0. The lowest BCUT2D eigenvalue weighted by atomic mass is 10.3. The summed E-state index contributed by atoms with van der Waals surface area (Å²) in [5.41, 5.74) is 6.95. The van der Waals surface area contributed by atoms with E-state index in [1.807, 2.05) is 0 Å². The molecule has 4 N–H and O–H groups in total. The Morgan fingerprint density at radius 1 is 1.05 bits per heavy atom. The third-order valence-electron chi connectivity index (χ3n) is 2.48. The largest absolute Gasteiger partial charge is 0.399 e. The Bertz CT molecular complexity index is 640. The molecule has 0 radical (unpaired) electrons. The summed E-state index contributed by atoms with van der Waals surface area (Å²) in [6, 6.07) is 11.8. The molecule has 0 saturated heterocycles. The monoisotopic (exact) mass is 272 g/mol. The van der Waals surface area contributed by atoms with Gasteiger partial charge in [-0.25, -0.2) is 4.79 Å². The van der Waals surface area contributed by atoms with E-state index in [4.69, 9.17) is 5.73 Å². The maximum Gasteiger partial charge on any atom is 0.323 e. The Kier molecular flexibility index (Phi) is 3.80. The van der Waals surface area contributed by atoms with Crippen molar-refractivity contribution in [3.8, 4) is 0 Å². The van der Waals surface area contributed by atoms with E-state index < -0.39 is 11.0 Å². The van der Waals surface area contributed by atoms with Gasteiger partial charge in [0, 0.05) is 29.2 Å². The number of benzene rings is 2. The first kappa shape index (κ1) is 13.3. The van der Waals surface area contributed by atoms with Crippen LogP contribution in [0.3, 0.4) is 0 Å². The fourth-order valence-corrected chi connectivity index (χ4v) is 1.56. The van der Waals surface area contributed by atoms with Crippen LogP contribution in [0, 0.1) is 10.1 Å². The molecule has 7 nitrogen and oxygen atoms in total. The number of anilines is 3. The highest BCUT2D eigenvalue weighted by atomic mass is 16.6. The summed E-state index contributed by atoms with van der Waals surface area (Å²) in [6.45, 7) is 0. The quantitative estimate of drug-likeness (QED) is 0.453. The summed E-state index contributed by atoms with van der Waals surface area (Å²) in [7, 11) is 0. The molecule has 102 valence electrons. The molecular formula is C13H12N4O3. The normalized spacial score (nSPS) is 9.80. The van der Waals surface area contributed by atoms with Gasteiger partial charge in [-0.15, -0.1) is 0 Å². The molecule has 0 heterocycles. The van der Waals surface area contributed by atoms with Crippen LogP contribution in [0.1, 0.15) is 0 Å². The highest BCUT2D eigenvalue weighted by molar-refractivity contribution is 5.99. The van der Waals surface area contributed by atoms with Crippen molar-refractivity contribution < 1.29 is 9.72 Å². The van der Waals surface area contributed by atoms with Crippen LogP contribution in [0.15, 0.2) is 48.5 Å². The lowest BCUT2D eigenvalue weighted by Gasteiger charge is -2.07. The van der Waals surface area contributed by atoms with Gasteiger partial charge < -0.3 is 16.4 Å². The van der Waals surface area contributed by atoms with E-state index in [1.165, 1.54) is 18.2 Å². The Morgan fingerprint density at radius 3 is 2.35 bits per heavy atom. The topological polar surface area (TPSA) is 110 Å². The molecule has 2 amide bonds. The van der Waals surface area contributed by atoms with E-state index in [1.54, 1.807) is 30.3 Å². The van der Waals surface area contributed by atoms with E-state index >= 15 is 0 Å². The number of hydrogen-bond donors (Lipinski definition) is 3. The Hall–Kier alpha value is -3.09. The van der Waals surface area contributed by atoms with Crippen LogP contribution in [0.25, 0.3) is 0 Å². The van der Waals surface area contributed by atoms with E-state index in [2.05, 4.69) is 10.6 Å². The second-order valence-electron chi connectivity index (χ2n) is 4.01. The van der Waals surface area contributed by atoms with Crippen LogP contribution in [0.4, 0.5) is 27.5 Å². The number of nitrogens with two attached hydrogens (primary N) is 1. The van der Waals surface area contributed by atoms with Gasteiger partial charge in [-0.2, -0.15) is 0 Å². The van der Waals surface area contributed by atoms with Crippen LogP contribution in [-0.2, 0) is 0 Å². The number of carbonyl (C=O) groups is 1. The SMILES string of the molecule is Nc1ccc(NC(=O)Nc2cccc([N+](=O)[O-])c2)cc1. The van der Waals surface area contributed by atoms with Crippen LogP contribution in [0.2, 0.25) is 0 Å². The summed E-state index contributed by atoms with van der Waals surface area (Å²) in [5.74, 6) is 0. The molecule has 0 unspecified atom stereocenters. The summed E-state index contributed by atoms with van der Waals surface area (Å²) in [4.78, 5) is 21.8. The number of amides is 2. The first-order chi connectivity index (χ1) is 9.54. The van der Waals surface area contributed by atoms with Crippen molar-refractivity contribution in [2.75, 3.05) is 16.4 Å². The number of non-ortho nitro benzene ring substituents is 1. The summed E-state index contributed by atoms with van der Waals surface area (Å²) in [5, 5.41) is 15.7. The minimum atomic E-state index is -0.525. The zero-order valence-corrected chi connectivity index (χ0v) is 10.4. The number of rotatable bonds is 3. The number of carbonyl (C=O) groups excluding carboxylic acids is 1. The summed E-state index contributed by atoms with van der Waals surface area (Å²) >= 11 is 0. The molecule has 0 atom stereocenters. The number of nitrogens with zero attached hydrogens (tertiary/aromatic N) is 1. The predicted molar refractivity (Wildman–Crippen MR) is 76.6 cm³/mol. The first-order valence-electron chi connectivity index (χ1n) is 5.72. The zero-order valence-electron chi connectivity index (χ0n) is 10.4. The minimum absolute atomic E-state index is 0.0877. The fraction of sp³-hybridized carbons (Fsp3) is 0. The average Bonchev–Trinajstić information content (AvgIpc) is 2.41. The van der Waals surface area contributed by atoms with Gasteiger partial charge in [0.1, 0.15) is 0 Å². The van der Waals surface area contributed by atoms with Crippen molar-refractivity contribution in [2.45, 2.75) is 0 Å². The van der Waals surface area contributed by atoms with E-state index in [-0.39, 0.29) is 5.69 Å². The molecule has 2 rings (SSSR count).